The molecule has 5 N–H and O–H groups in total. The van der Waals surface area contributed by atoms with Crippen molar-refractivity contribution in [1.29, 1.82) is 0 Å². The van der Waals surface area contributed by atoms with Crippen molar-refractivity contribution in [3.8, 4) is 0 Å². The number of carboxylic acids is 1. The molecule has 6 heterocycles. The number of rotatable bonds is 5. The molecule has 3 aromatic rings. The molecule has 3 aliphatic carbocycles. The second kappa shape index (κ2) is 16.6. The maximum absolute atomic E-state index is 12.3. The first-order valence-corrected chi connectivity index (χ1v) is 19.8. The summed E-state index contributed by atoms with van der Waals surface area (Å²) in [4.78, 5) is 49.7. The number of thiocarbonyl (C=S) groups is 2. The Morgan fingerprint density at radius 3 is 1.32 bits per heavy atom. The number of carbonyl (C=O) groups excluding carboxylic acids is 3. The fraction of sp³-hybridized carbons (Fsp3) is 0.442. The summed E-state index contributed by atoms with van der Waals surface area (Å²) < 4.78 is 10.5. The third-order valence-electron chi connectivity index (χ3n) is 12.6. The molecule has 3 saturated heterocycles. The van der Waals surface area contributed by atoms with Crippen LogP contribution in [0.2, 0.25) is 0 Å². The third kappa shape index (κ3) is 7.20. The quantitative estimate of drug-likeness (QED) is 0.168. The van der Waals surface area contributed by atoms with E-state index < -0.39 is 22.2 Å². The molecule has 9 atom stereocenters. The van der Waals surface area contributed by atoms with Gasteiger partial charge in [-0.25, -0.2) is 0 Å². The van der Waals surface area contributed by atoms with Crippen LogP contribution in [0.25, 0.3) is 0 Å². The van der Waals surface area contributed by atoms with Gasteiger partial charge < -0.3 is 36.0 Å². The summed E-state index contributed by atoms with van der Waals surface area (Å²) in [5, 5.41) is 18.9. The molecule has 1 amide bonds. The minimum atomic E-state index is -0.763. The predicted molar refractivity (Wildman–Crippen MR) is 216 cm³/mol. The number of fused-ring (bicyclic) bond motifs is 6. The van der Waals surface area contributed by atoms with Crippen LogP contribution in [-0.2, 0) is 28.7 Å². The number of carboxylic acid groups (broad SMARTS) is 1. The summed E-state index contributed by atoms with van der Waals surface area (Å²) in [6.07, 6.45) is 1.86. The van der Waals surface area contributed by atoms with Gasteiger partial charge in [0.05, 0.1) is 63.5 Å². The van der Waals surface area contributed by atoms with Gasteiger partial charge in [-0.3, -0.25) is 19.2 Å². The number of carbonyl (C=O) groups is 4. The van der Waals surface area contributed by atoms with Crippen molar-refractivity contribution in [2.75, 3.05) is 13.2 Å². The number of nitrogens with one attached hydrogen (secondary N) is 3. The standard InChI is InChI=1S/C15H17NO3.C15H17NO2S.C13H13NO2S.Li.H2O/c1-3-19-14(18)15(2)8-11-9-6-4-5-7-10(9)12(15)16-13(11)17;1-3-18-14(17)15(2)8-11-9-6-4-5-7-10(9)12(15)16-13(11)19;1-13(12(15)16)6-9-7-4-2-3-5-8(7)10(13)14-11(9)17;;/h4-7,11-12H,3,8H2,1-2H3,(H,16,17);4-7,11-12H,3,8H2,1-2H3,(H,16,19);2-5,9-10H,6H2,1H3,(H,14,17)(H,15,16);;1H2/q;;;+1;/p-1. The maximum Gasteiger partial charge on any atom is 1.00 e. The summed E-state index contributed by atoms with van der Waals surface area (Å²) in [6.45, 7) is 10.1. The number of ether oxygens (including phenoxy) is 2. The van der Waals surface area contributed by atoms with Crippen LogP contribution in [0, 0.1) is 16.2 Å². The molecule has 6 bridgehead atoms. The Hall–Kier alpha value is -4.12. The van der Waals surface area contributed by atoms with Crippen LogP contribution in [0.4, 0.5) is 0 Å². The average Bonchev–Trinajstić information content (AvgIpc) is 3.18. The fourth-order valence-electron chi connectivity index (χ4n) is 9.61. The van der Waals surface area contributed by atoms with Crippen LogP contribution < -0.4 is 34.8 Å². The van der Waals surface area contributed by atoms with Crippen molar-refractivity contribution in [3.05, 3.63) is 106 Å². The second-order valence-corrected chi connectivity index (χ2v) is 16.9. The molecule has 14 heteroatoms. The topological polar surface area (TPSA) is 173 Å². The summed E-state index contributed by atoms with van der Waals surface area (Å²) in [5.74, 6) is -1.15. The van der Waals surface area contributed by atoms with Gasteiger partial charge in [0.25, 0.3) is 0 Å². The number of amides is 1. The number of hydrogen-bond acceptors (Lipinski definition) is 9. The van der Waals surface area contributed by atoms with Gasteiger partial charge in [0, 0.05) is 11.8 Å². The summed E-state index contributed by atoms with van der Waals surface area (Å²) in [6, 6.07) is 23.5. The number of hydrogen-bond donors (Lipinski definition) is 4. The smallest absolute Gasteiger partial charge is 0.870 e. The van der Waals surface area contributed by atoms with Crippen LogP contribution in [0.5, 0.6) is 0 Å². The molecule has 6 aliphatic heterocycles. The van der Waals surface area contributed by atoms with Crippen LogP contribution >= 0.6 is 24.4 Å². The molecule has 0 radical (unpaired) electrons. The first kappa shape index (κ1) is 44.0. The average molecular weight is 806 g/mol. The number of esters is 2. The molecular formula is C43H48LiN3O8S2. The van der Waals surface area contributed by atoms with Crippen molar-refractivity contribution < 1.29 is 58.1 Å². The van der Waals surface area contributed by atoms with E-state index in [-0.39, 0.29) is 78.1 Å². The monoisotopic (exact) mass is 805 g/mol. The molecule has 0 aromatic heterocycles. The minimum absolute atomic E-state index is 0. The molecule has 57 heavy (non-hydrogen) atoms. The van der Waals surface area contributed by atoms with E-state index in [4.69, 9.17) is 33.9 Å². The van der Waals surface area contributed by atoms with E-state index in [1.807, 2.05) is 75.4 Å². The predicted octanol–water partition coefficient (Wildman–Crippen LogP) is 3.69. The van der Waals surface area contributed by atoms with Crippen molar-refractivity contribution >= 4 is 58.2 Å². The Morgan fingerprint density at radius 1 is 0.614 bits per heavy atom. The molecule has 12 rings (SSSR count). The van der Waals surface area contributed by atoms with Crippen LogP contribution in [0.3, 0.4) is 0 Å². The minimum Gasteiger partial charge on any atom is -0.870 e. The first-order chi connectivity index (χ1) is 26.2. The molecule has 9 unspecified atom stereocenters. The maximum atomic E-state index is 12.3. The van der Waals surface area contributed by atoms with Crippen molar-refractivity contribution in [1.82, 2.24) is 16.0 Å². The van der Waals surface area contributed by atoms with Gasteiger partial charge in [-0.1, -0.05) is 97.2 Å². The van der Waals surface area contributed by atoms with Gasteiger partial charge in [-0.2, -0.15) is 0 Å². The van der Waals surface area contributed by atoms with Gasteiger partial charge >= 0.3 is 36.8 Å². The molecular weight excluding hydrogens is 758 g/mol. The normalized spacial score (nSPS) is 31.2. The van der Waals surface area contributed by atoms with Crippen molar-refractivity contribution in [3.63, 3.8) is 0 Å². The summed E-state index contributed by atoms with van der Waals surface area (Å²) in [7, 11) is 0. The molecule has 0 saturated carbocycles. The van der Waals surface area contributed by atoms with Crippen LogP contribution in [0.15, 0.2) is 72.8 Å². The molecule has 11 nitrogen and oxygen atoms in total. The Labute approximate surface area is 355 Å². The molecule has 3 fully saturated rings. The number of benzene rings is 3. The Bertz CT molecular complexity index is 2020. The Balaban J connectivity index is 0.000000161. The van der Waals surface area contributed by atoms with E-state index in [1.54, 1.807) is 13.8 Å². The van der Waals surface area contributed by atoms with E-state index >= 15 is 0 Å². The van der Waals surface area contributed by atoms with E-state index in [9.17, 15) is 24.3 Å². The van der Waals surface area contributed by atoms with Crippen molar-refractivity contribution in [2.24, 2.45) is 16.2 Å². The first-order valence-electron chi connectivity index (χ1n) is 18.9. The zero-order valence-electron chi connectivity index (χ0n) is 33.1. The SMILES string of the molecule is CC1(C(=O)O)CC2C(=S)NC1c1ccccc12.CCOC(=O)C1(C)CC2C(=O)NC1c1ccccc12.CCOC(=O)C1(C)CC2C(=S)NC1c1ccccc12.[Li+].[OH-]. The third-order valence-corrected chi connectivity index (χ3v) is 13.4. The second-order valence-electron chi connectivity index (χ2n) is 16.0. The molecule has 296 valence electrons. The van der Waals surface area contributed by atoms with Gasteiger partial charge in [0.15, 0.2) is 0 Å². The summed E-state index contributed by atoms with van der Waals surface area (Å²) in [5.41, 5.74) is 4.87. The number of aliphatic carboxylic acids is 1. The Morgan fingerprint density at radius 2 is 0.930 bits per heavy atom. The largest absolute Gasteiger partial charge is 1.00 e. The van der Waals surface area contributed by atoms with E-state index in [0.717, 1.165) is 33.1 Å². The molecule has 0 spiro atoms. The number of piperidine rings is 3. The van der Waals surface area contributed by atoms with Gasteiger partial charge in [0.1, 0.15) is 0 Å². The van der Waals surface area contributed by atoms with Gasteiger partial charge in [-0.15, -0.1) is 0 Å². The van der Waals surface area contributed by atoms with E-state index in [2.05, 4.69) is 34.1 Å². The van der Waals surface area contributed by atoms with Crippen LogP contribution in [0.1, 0.15) is 123 Å². The van der Waals surface area contributed by atoms with Crippen molar-refractivity contribution in [2.45, 2.75) is 89.8 Å². The van der Waals surface area contributed by atoms with Crippen LogP contribution in [-0.4, -0.2) is 57.6 Å². The zero-order chi connectivity index (χ0) is 39.4. The fourth-order valence-corrected chi connectivity index (χ4v) is 10.3. The summed E-state index contributed by atoms with van der Waals surface area (Å²) >= 11 is 10.7. The van der Waals surface area contributed by atoms with Gasteiger partial charge in [-0.05, 0) is 87.3 Å². The Kier molecular flexibility index (Phi) is 12.8. The molecule has 9 aliphatic rings. The zero-order valence-corrected chi connectivity index (χ0v) is 34.7. The van der Waals surface area contributed by atoms with Gasteiger partial charge in [0.2, 0.25) is 5.91 Å². The van der Waals surface area contributed by atoms with E-state index in [1.165, 1.54) is 16.7 Å². The molecule has 3 aromatic carbocycles. The van der Waals surface area contributed by atoms with E-state index in [0.29, 0.717) is 26.1 Å².